The molecule has 0 atom stereocenters. The van der Waals surface area contributed by atoms with Crippen LogP contribution in [0.4, 0.5) is 10.5 Å². The Morgan fingerprint density at radius 2 is 1.83 bits per heavy atom. The van der Waals surface area contributed by atoms with Crippen molar-refractivity contribution in [3.63, 3.8) is 0 Å². The Balaban J connectivity index is 2.81. The number of carbonyl (C=O) groups excluding carboxylic acids is 1. The fourth-order valence-corrected chi connectivity index (χ4v) is 1.74. The monoisotopic (exact) mass is 290 g/mol. The van der Waals surface area contributed by atoms with Crippen LogP contribution >= 0.6 is 23.2 Å². The van der Waals surface area contributed by atoms with Gasteiger partial charge in [-0.15, -0.1) is 0 Å². The van der Waals surface area contributed by atoms with Crippen molar-refractivity contribution in [3.8, 4) is 0 Å². The molecule has 0 unspecified atom stereocenters. The highest BCUT2D eigenvalue weighted by Gasteiger charge is 2.26. The summed E-state index contributed by atoms with van der Waals surface area (Å²) in [4.78, 5) is 13.4. The van der Waals surface area contributed by atoms with E-state index in [4.69, 9.17) is 23.2 Å². The number of rotatable bonds is 3. The molecule has 1 aromatic carbocycles. The number of benzene rings is 1. The topological polar surface area (TPSA) is 52.6 Å². The Morgan fingerprint density at radius 3 is 2.28 bits per heavy atom. The zero-order chi connectivity index (χ0) is 13.9. The van der Waals surface area contributed by atoms with Crippen LogP contribution in [-0.2, 0) is 0 Å². The van der Waals surface area contributed by atoms with E-state index in [2.05, 4.69) is 5.32 Å². The highest BCUT2D eigenvalue weighted by molar-refractivity contribution is 6.35. The Bertz CT molecular complexity index is 429. The molecule has 100 valence electrons. The van der Waals surface area contributed by atoms with Gasteiger partial charge in [-0.25, -0.2) is 4.79 Å². The molecule has 0 aromatic heterocycles. The van der Waals surface area contributed by atoms with Gasteiger partial charge in [0.2, 0.25) is 0 Å². The van der Waals surface area contributed by atoms with Crippen LogP contribution in [-0.4, -0.2) is 35.2 Å². The number of nitrogens with zero attached hydrogens (tertiary/aromatic N) is 1. The lowest BCUT2D eigenvalue weighted by molar-refractivity contribution is 0.104. The summed E-state index contributed by atoms with van der Waals surface area (Å²) < 4.78 is 0. The summed E-state index contributed by atoms with van der Waals surface area (Å²) >= 11 is 11.7. The summed E-state index contributed by atoms with van der Waals surface area (Å²) in [6, 6.07) is 4.45. The number of anilines is 1. The van der Waals surface area contributed by atoms with Crippen molar-refractivity contribution in [2.24, 2.45) is 0 Å². The number of carbonyl (C=O) groups is 1. The summed E-state index contributed by atoms with van der Waals surface area (Å²) in [6.45, 7) is 3.39. The van der Waals surface area contributed by atoms with Gasteiger partial charge in [0.25, 0.3) is 0 Å². The van der Waals surface area contributed by atoms with Gasteiger partial charge in [-0.3, -0.25) is 0 Å². The molecule has 0 aliphatic heterocycles. The van der Waals surface area contributed by atoms with Gasteiger partial charge in [0.15, 0.2) is 0 Å². The summed E-state index contributed by atoms with van der Waals surface area (Å²) in [5.41, 5.74) is -0.134. The molecule has 2 amide bonds. The number of aliphatic hydroxyl groups excluding tert-OH is 1. The summed E-state index contributed by atoms with van der Waals surface area (Å²) in [5.74, 6) is 0. The third-order valence-corrected chi connectivity index (χ3v) is 3.15. The molecule has 4 nitrogen and oxygen atoms in total. The van der Waals surface area contributed by atoms with E-state index in [1.54, 1.807) is 39.1 Å². The van der Waals surface area contributed by atoms with E-state index in [1.807, 2.05) is 0 Å². The highest BCUT2D eigenvalue weighted by atomic mass is 35.5. The van der Waals surface area contributed by atoms with Gasteiger partial charge in [0.05, 0.1) is 12.1 Å². The molecule has 0 heterocycles. The van der Waals surface area contributed by atoms with Crippen molar-refractivity contribution < 1.29 is 9.90 Å². The third kappa shape index (κ3) is 3.77. The number of hydrogen-bond acceptors (Lipinski definition) is 2. The summed E-state index contributed by atoms with van der Waals surface area (Å²) in [7, 11) is 1.61. The number of halogens is 2. The van der Waals surface area contributed by atoms with E-state index < -0.39 is 5.54 Å². The largest absolute Gasteiger partial charge is 0.394 e. The van der Waals surface area contributed by atoms with Crippen LogP contribution in [0, 0.1) is 0 Å². The molecule has 0 radical (unpaired) electrons. The molecule has 0 aliphatic rings. The van der Waals surface area contributed by atoms with Crippen molar-refractivity contribution in [3.05, 3.63) is 28.2 Å². The Hall–Kier alpha value is -0.970. The molecule has 0 aliphatic carbocycles. The van der Waals surface area contributed by atoms with Gasteiger partial charge in [0, 0.05) is 22.8 Å². The number of likely N-dealkylation sites (N-methyl/N-ethyl adjacent to an activating group) is 1. The van der Waals surface area contributed by atoms with Crippen LogP contribution in [0.15, 0.2) is 18.2 Å². The minimum Gasteiger partial charge on any atom is -0.394 e. The zero-order valence-corrected chi connectivity index (χ0v) is 12.0. The smallest absolute Gasteiger partial charge is 0.322 e. The molecule has 6 heteroatoms. The van der Waals surface area contributed by atoms with Crippen LogP contribution in [0.5, 0.6) is 0 Å². The number of nitrogens with one attached hydrogen (secondary N) is 1. The van der Waals surface area contributed by atoms with Gasteiger partial charge < -0.3 is 15.3 Å². The maximum Gasteiger partial charge on any atom is 0.322 e. The maximum absolute atomic E-state index is 12.0. The molecule has 0 saturated heterocycles. The second kappa shape index (κ2) is 5.78. The standard InChI is InChI=1S/C12H16Cl2N2O2/c1-12(2,7-17)16(3)11(18)15-10-5-8(13)4-9(14)6-10/h4-6,17H,7H2,1-3H3,(H,15,18). The Labute approximate surface area is 116 Å². The molecule has 0 bridgehead atoms. The molecule has 1 aromatic rings. The fourth-order valence-electron chi connectivity index (χ4n) is 1.21. The Morgan fingerprint density at radius 1 is 1.33 bits per heavy atom. The first-order valence-corrected chi connectivity index (χ1v) is 6.13. The normalized spacial score (nSPS) is 11.2. The van der Waals surface area contributed by atoms with Crippen molar-refractivity contribution >= 4 is 34.9 Å². The highest BCUT2D eigenvalue weighted by Crippen LogP contribution is 2.23. The summed E-state index contributed by atoms with van der Waals surface area (Å²) in [5, 5.41) is 12.8. The minimum atomic E-state index is -0.646. The molecule has 0 spiro atoms. The average Bonchev–Trinajstić information content (AvgIpc) is 2.26. The van der Waals surface area contributed by atoms with E-state index in [0.717, 1.165) is 0 Å². The number of aliphatic hydroxyl groups is 1. The number of amides is 2. The zero-order valence-electron chi connectivity index (χ0n) is 10.5. The van der Waals surface area contributed by atoms with Crippen LogP contribution < -0.4 is 5.32 Å². The number of hydrogen-bond donors (Lipinski definition) is 2. The van der Waals surface area contributed by atoms with Gasteiger partial charge in [-0.1, -0.05) is 23.2 Å². The van der Waals surface area contributed by atoms with Crippen LogP contribution in [0.25, 0.3) is 0 Å². The molecule has 0 saturated carbocycles. The summed E-state index contributed by atoms with van der Waals surface area (Å²) in [6.07, 6.45) is 0. The van der Waals surface area contributed by atoms with E-state index in [9.17, 15) is 9.90 Å². The third-order valence-electron chi connectivity index (χ3n) is 2.71. The first kappa shape index (κ1) is 15.1. The van der Waals surface area contributed by atoms with E-state index >= 15 is 0 Å². The average molecular weight is 291 g/mol. The second-order valence-corrected chi connectivity index (χ2v) is 5.49. The van der Waals surface area contributed by atoms with Crippen LogP contribution in [0.1, 0.15) is 13.8 Å². The lowest BCUT2D eigenvalue weighted by Crippen LogP contribution is -2.49. The van der Waals surface area contributed by atoms with Crippen LogP contribution in [0.2, 0.25) is 10.0 Å². The van der Waals surface area contributed by atoms with Crippen molar-refractivity contribution in [1.82, 2.24) is 4.90 Å². The first-order valence-electron chi connectivity index (χ1n) is 5.38. The van der Waals surface area contributed by atoms with E-state index in [0.29, 0.717) is 15.7 Å². The SMILES string of the molecule is CN(C(=O)Nc1cc(Cl)cc(Cl)c1)C(C)(C)CO. The molecule has 1 rings (SSSR count). The molecule has 0 fully saturated rings. The van der Waals surface area contributed by atoms with Gasteiger partial charge >= 0.3 is 6.03 Å². The van der Waals surface area contributed by atoms with Gasteiger partial charge in [0.1, 0.15) is 0 Å². The first-order chi connectivity index (χ1) is 8.26. The molecular weight excluding hydrogens is 275 g/mol. The van der Waals surface area contributed by atoms with E-state index in [1.165, 1.54) is 4.90 Å². The predicted molar refractivity (Wildman–Crippen MR) is 74.4 cm³/mol. The Kier molecular flexibility index (Phi) is 4.85. The van der Waals surface area contributed by atoms with Crippen LogP contribution in [0.3, 0.4) is 0 Å². The lowest BCUT2D eigenvalue weighted by atomic mass is 10.1. The van der Waals surface area contributed by atoms with Gasteiger partial charge in [-0.05, 0) is 32.0 Å². The molecule has 18 heavy (non-hydrogen) atoms. The minimum absolute atomic E-state index is 0.132. The predicted octanol–water partition coefficient (Wildman–Crippen LogP) is 3.23. The quantitative estimate of drug-likeness (QED) is 0.898. The van der Waals surface area contributed by atoms with Crippen molar-refractivity contribution in [1.29, 1.82) is 0 Å². The second-order valence-electron chi connectivity index (χ2n) is 4.62. The van der Waals surface area contributed by atoms with Crippen molar-refractivity contribution in [2.75, 3.05) is 19.0 Å². The maximum atomic E-state index is 12.0. The van der Waals surface area contributed by atoms with Crippen molar-refractivity contribution in [2.45, 2.75) is 19.4 Å². The fraction of sp³-hybridized carbons (Fsp3) is 0.417. The van der Waals surface area contributed by atoms with Gasteiger partial charge in [-0.2, -0.15) is 0 Å². The van der Waals surface area contributed by atoms with E-state index in [-0.39, 0.29) is 12.6 Å². The lowest BCUT2D eigenvalue weighted by Gasteiger charge is -2.33. The number of urea groups is 1. The molecule has 2 N–H and O–H groups in total. The molecular formula is C12H16Cl2N2O2.